The number of halogens is 1. The van der Waals surface area contributed by atoms with Crippen LogP contribution in [0.5, 0.6) is 5.75 Å². The van der Waals surface area contributed by atoms with Gasteiger partial charge < -0.3 is 14.8 Å². The Kier molecular flexibility index (Phi) is 4.01. The Bertz CT molecular complexity index is 899. The lowest BCUT2D eigenvalue weighted by molar-refractivity contribution is -0.136. The summed E-state index contributed by atoms with van der Waals surface area (Å²) in [6.45, 7) is 1.96. The van der Waals surface area contributed by atoms with Crippen LogP contribution in [0.2, 0.25) is 5.02 Å². The zero-order chi connectivity index (χ0) is 16.6. The zero-order valence-corrected chi connectivity index (χ0v) is 13.6. The van der Waals surface area contributed by atoms with Gasteiger partial charge in [-0.3, -0.25) is 4.79 Å². The van der Waals surface area contributed by atoms with Crippen molar-refractivity contribution in [1.29, 1.82) is 0 Å². The molecule has 5 heteroatoms. The van der Waals surface area contributed by atoms with Crippen LogP contribution < -0.4 is 4.74 Å². The summed E-state index contributed by atoms with van der Waals surface area (Å²) in [5.74, 6) is -0.223. The summed E-state index contributed by atoms with van der Waals surface area (Å²) in [6.07, 6.45) is -0.115. The van der Waals surface area contributed by atoms with Gasteiger partial charge in [0.25, 0.3) is 0 Å². The molecule has 0 spiro atoms. The molecule has 0 radical (unpaired) electrons. The van der Waals surface area contributed by atoms with E-state index in [1.165, 1.54) is 0 Å². The highest BCUT2D eigenvalue weighted by Gasteiger charge is 2.20. The maximum Gasteiger partial charge on any atom is 0.307 e. The number of benzene rings is 2. The number of aliphatic carboxylic acids is 1. The molecule has 2 N–H and O–H groups in total. The average molecular weight is 330 g/mol. The van der Waals surface area contributed by atoms with E-state index in [1.807, 2.05) is 37.3 Å². The fraction of sp³-hybridized carbons (Fsp3) is 0.167. The lowest BCUT2D eigenvalue weighted by Gasteiger charge is -2.08. The van der Waals surface area contributed by atoms with Crippen molar-refractivity contribution in [1.82, 2.24) is 4.98 Å². The van der Waals surface area contributed by atoms with E-state index >= 15 is 0 Å². The molecular weight excluding hydrogens is 314 g/mol. The first-order valence-corrected chi connectivity index (χ1v) is 7.55. The number of hydrogen-bond donors (Lipinski definition) is 2. The quantitative estimate of drug-likeness (QED) is 0.744. The number of para-hydroxylation sites is 1. The van der Waals surface area contributed by atoms with Crippen molar-refractivity contribution in [2.45, 2.75) is 13.3 Å². The standard InChI is InChI=1S/C18H16ClNO3/c1-10-7-8-13(19)16-12(9-15(21)22)18(20-17(10)16)11-5-3-4-6-14(11)23-2/h3-8,20H,9H2,1-2H3,(H,21,22). The van der Waals surface area contributed by atoms with Gasteiger partial charge >= 0.3 is 5.97 Å². The molecule has 0 fully saturated rings. The third-order valence-electron chi connectivity index (χ3n) is 3.92. The Balaban J connectivity index is 2.38. The minimum absolute atomic E-state index is 0.115. The summed E-state index contributed by atoms with van der Waals surface area (Å²) in [4.78, 5) is 14.7. The third-order valence-corrected chi connectivity index (χ3v) is 4.24. The molecule has 0 atom stereocenters. The third kappa shape index (κ3) is 2.66. The Hall–Kier alpha value is -2.46. The summed E-state index contributed by atoms with van der Waals surface area (Å²) in [7, 11) is 1.59. The molecule has 0 aliphatic carbocycles. The molecule has 3 aromatic rings. The number of rotatable bonds is 4. The monoisotopic (exact) mass is 329 g/mol. The smallest absolute Gasteiger partial charge is 0.307 e. The van der Waals surface area contributed by atoms with Crippen LogP contribution in [0.4, 0.5) is 0 Å². The molecule has 0 aliphatic rings. The minimum Gasteiger partial charge on any atom is -0.496 e. The van der Waals surface area contributed by atoms with Crippen LogP contribution >= 0.6 is 11.6 Å². The average Bonchev–Trinajstić information content (AvgIpc) is 2.90. The highest BCUT2D eigenvalue weighted by atomic mass is 35.5. The van der Waals surface area contributed by atoms with E-state index in [4.69, 9.17) is 16.3 Å². The minimum atomic E-state index is -0.903. The molecule has 0 aliphatic heterocycles. The number of aromatic amines is 1. The summed E-state index contributed by atoms with van der Waals surface area (Å²) < 4.78 is 5.42. The van der Waals surface area contributed by atoms with Gasteiger partial charge in [0.1, 0.15) is 5.75 Å². The summed E-state index contributed by atoms with van der Waals surface area (Å²) in [5, 5.41) is 10.6. The van der Waals surface area contributed by atoms with Crippen molar-refractivity contribution in [2.75, 3.05) is 7.11 Å². The van der Waals surface area contributed by atoms with E-state index in [-0.39, 0.29) is 6.42 Å². The molecule has 0 bridgehead atoms. The highest BCUT2D eigenvalue weighted by molar-refractivity contribution is 6.36. The number of carbonyl (C=O) groups is 1. The molecule has 1 heterocycles. The Morgan fingerprint density at radius 2 is 2.00 bits per heavy atom. The number of H-pyrrole nitrogens is 1. The van der Waals surface area contributed by atoms with Gasteiger partial charge in [-0.1, -0.05) is 29.8 Å². The number of carboxylic acids is 1. The maximum atomic E-state index is 11.4. The number of carboxylic acid groups (broad SMARTS) is 1. The molecule has 0 amide bonds. The second-order valence-corrected chi connectivity index (χ2v) is 5.77. The lowest BCUT2D eigenvalue weighted by Crippen LogP contribution is -2.01. The largest absolute Gasteiger partial charge is 0.496 e. The first kappa shape index (κ1) is 15.4. The molecule has 1 aromatic heterocycles. The summed E-state index contributed by atoms with van der Waals surface area (Å²) in [5.41, 5.74) is 4.09. The fourth-order valence-electron chi connectivity index (χ4n) is 2.87. The van der Waals surface area contributed by atoms with Crippen LogP contribution in [0, 0.1) is 6.92 Å². The van der Waals surface area contributed by atoms with Crippen molar-refractivity contribution in [3.63, 3.8) is 0 Å². The van der Waals surface area contributed by atoms with Crippen molar-refractivity contribution in [3.8, 4) is 17.0 Å². The number of ether oxygens (including phenoxy) is 1. The number of methoxy groups -OCH3 is 1. The van der Waals surface area contributed by atoms with E-state index in [0.29, 0.717) is 16.3 Å². The second kappa shape index (κ2) is 5.97. The number of aryl methyl sites for hydroxylation is 1. The molecule has 23 heavy (non-hydrogen) atoms. The van der Waals surface area contributed by atoms with Gasteiger partial charge in [-0.2, -0.15) is 0 Å². The van der Waals surface area contributed by atoms with Gasteiger partial charge in [-0.25, -0.2) is 0 Å². The predicted octanol–water partition coefficient (Wildman–Crippen LogP) is 4.43. The van der Waals surface area contributed by atoms with Crippen LogP contribution in [0.3, 0.4) is 0 Å². The molecule has 118 valence electrons. The van der Waals surface area contributed by atoms with Crippen molar-refractivity contribution < 1.29 is 14.6 Å². The molecule has 0 saturated heterocycles. The van der Waals surface area contributed by atoms with Gasteiger partial charge in [0.2, 0.25) is 0 Å². The Morgan fingerprint density at radius 1 is 1.26 bits per heavy atom. The van der Waals surface area contributed by atoms with Gasteiger partial charge in [-0.15, -0.1) is 0 Å². The van der Waals surface area contributed by atoms with Crippen LogP contribution in [0.1, 0.15) is 11.1 Å². The van der Waals surface area contributed by atoms with Gasteiger partial charge in [-0.05, 0) is 36.2 Å². The molecule has 2 aromatic carbocycles. The topological polar surface area (TPSA) is 62.3 Å². The Morgan fingerprint density at radius 3 is 2.70 bits per heavy atom. The Labute approximate surface area is 138 Å². The SMILES string of the molecule is COc1ccccc1-c1[nH]c2c(C)ccc(Cl)c2c1CC(=O)O. The van der Waals surface area contributed by atoms with E-state index in [2.05, 4.69) is 4.98 Å². The van der Waals surface area contributed by atoms with Crippen LogP contribution in [0.25, 0.3) is 22.2 Å². The molecule has 3 rings (SSSR count). The normalized spacial score (nSPS) is 10.9. The predicted molar refractivity (Wildman–Crippen MR) is 91.4 cm³/mol. The van der Waals surface area contributed by atoms with Gasteiger partial charge in [0.15, 0.2) is 0 Å². The fourth-order valence-corrected chi connectivity index (χ4v) is 3.14. The van der Waals surface area contributed by atoms with Crippen LogP contribution in [-0.4, -0.2) is 23.2 Å². The maximum absolute atomic E-state index is 11.4. The highest BCUT2D eigenvalue weighted by Crippen LogP contribution is 2.39. The van der Waals surface area contributed by atoms with E-state index in [0.717, 1.165) is 27.7 Å². The van der Waals surface area contributed by atoms with Crippen molar-refractivity contribution in [3.05, 3.63) is 52.5 Å². The summed E-state index contributed by atoms with van der Waals surface area (Å²) >= 11 is 6.35. The molecule has 0 unspecified atom stereocenters. The van der Waals surface area contributed by atoms with Crippen molar-refractivity contribution >= 4 is 28.5 Å². The van der Waals surface area contributed by atoms with E-state index < -0.39 is 5.97 Å². The second-order valence-electron chi connectivity index (χ2n) is 5.36. The zero-order valence-electron chi connectivity index (χ0n) is 12.8. The van der Waals surface area contributed by atoms with Crippen molar-refractivity contribution in [2.24, 2.45) is 0 Å². The number of nitrogens with one attached hydrogen (secondary N) is 1. The van der Waals surface area contributed by atoms with Crippen LogP contribution in [0.15, 0.2) is 36.4 Å². The number of fused-ring (bicyclic) bond motifs is 1. The lowest BCUT2D eigenvalue weighted by atomic mass is 10.0. The van der Waals surface area contributed by atoms with Gasteiger partial charge in [0, 0.05) is 10.9 Å². The molecular formula is C18H16ClNO3. The first-order valence-electron chi connectivity index (χ1n) is 7.17. The number of aromatic nitrogens is 1. The van der Waals surface area contributed by atoms with E-state index in [1.54, 1.807) is 13.2 Å². The van der Waals surface area contributed by atoms with Gasteiger partial charge in [0.05, 0.1) is 29.8 Å². The first-order chi connectivity index (χ1) is 11.0. The molecule has 0 saturated carbocycles. The molecule has 4 nitrogen and oxygen atoms in total. The van der Waals surface area contributed by atoms with E-state index in [9.17, 15) is 9.90 Å². The van der Waals surface area contributed by atoms with Crippen LogP contribution in [-0.2, 0) is 11.2 Å². The summed E-state index contributed by atoms with van der Waals surface area (Å²) in [6, 6.07) is 11.2. The number of hydrogen-bond acceptors (Lipinski definition) is 2.